The molecule has 1 aliphatic carbocycles. The van der Waals surface area contributed by atoms with Crippen molar-refractivity contribution in [2.24, 2.45) is 0 Å². The van der Waals surface area contributed by atoms with E-state index in [1.54, 1.807) is 0 Å². The number of hydrogen-bond donors (Lipinski definition) is 1. The van der Waals surface area contributed by atoms with Crippen LogP contribution in [0, 0.1) is 0 Å². The third-order valence-electron chi connectivity index (χ3n) is 4.69. The van der Waals surface area contributed by atoms with Crippen molar-refractivity contribution < 1.29 is 0 Å². The van der Waals surface area contributed by atoms with Gasteiger partial charge in [-0.05, 0) is 46.9 Å². The Balaban J connectivity index is 2.10. The molecule has 3 aromatic rings. The molecule has 1 heteroatoms. The fourth-order valence-electron chi connectivity index (χ4n) is 3.60. The maximum absolute atomic E-state index is 6.02. The van der Waals surface area contributed by atoms with E-state index < -0.39 is 0 Å². The third-order valence-corrected chi connectivity index (χ3v) is 4.69. The van der Waals surface area contributed by atoms with Gasteiger partial charge >= 0.3 is 0 Å². The van der Waals surface area contributed by atoms with Crippen LogP contribution in [0.4, 0.5) is 5.69 Å². The normalized spacial score (nSPS) is 19.1. The lowest BCUT2D eigenvalue weighted by molar-refractivity contribution is 0.714. The number of benzene rings is 3. The quantitative estimate of drug-likeness (QED) is 0.643. The maximum atomic E-state index is 6.02. The predicted molar refractivity (Wildman–Crippen MR) is 88.3 cm³/mol. The Labute approximate surface area is 125 Å². The lowest BCUT2D eigenvalue weighted by atomic mass is 9.74. The topological polar surface area (TPSA) is 26.0 Å². The minimum atomic E-state index is -0.110. The zero-order valence-corrected chi connectivity index (χ0v) is 12.0. The van der Waals surface area contributed by atoms with Crippen LogP contribution >= 0.6 is 0 Å². The Hall–Kier alpha value is -2.54. The fourth-order valence-corrected chi connectivity index (χ4v) is 3.60. The number of rotatable bonds is 1. The number of anilines is 1. The van der Waals surface area contributed by atoms with Crippen molar-refractivity contribution in [2.75, 3.05) is 5.73 Å². The highest BCUT2D eigenvalue weighted by Gasteiger charge is 2.40. The lowest BCUT2D eigenvalue weighted by Crippen LogP contribution is -2.22. The average molecular weight is 271 g/mol. The van der Waals surface area contributed by atoms with Crippen LogP contribution in [0.2, 0.25) is 0 Å². The van der Waals surface area contributed by atoms with Gasteiger partial charge in [0.1, 0.15) is 0 Å². The molecule has 0 amide bonds. The van der Waals surface area contributed by atoms with E-state index in [9.17, 15) is 0 Å². The second-order valence-electron chi connectivity index (χ2n) is 5.84. The van der Waals surface area contributed by atoms with Crippen LogP contribution in [-0.2, 0) is 5.41 Å². The Bertz CT molecular complexity index is 820. The first kappa shape index (κ1) is 12.2. The largest absolute Gasteiger partial charge is 0.399 e. The van der Waals surface area contributed by atoms with Crippen LogP contribution in [-0.4, -0.2) is 0 Å². The number of nitrogen functional groups attached to an aromatic ring is 1. The van der Waals surface area contributed by atoms with E-state index in [0.717, 1.165) is 5.69 Å². The van der Waals surface area contributed by atoms with E-state index in [1.165, 1.54) is 27.8 Å². The van der Waals surface area contributed by atoms with Gasteiger partial charge in [0.25, 0.3) is 0 Å². The SMILES string of the molecule is CC1(c2ccccc2)c2ccccc2-c2cc(N)ccc21. The van der Waals surface area contributed by atoms with Crippen LogP contribution in [0.15, 0.2) is 72.8 Å². The molecular weight excluding hydrogens is 254 g/mol. The Morgan fingerprint density at radius 1 is 0.714 bits per heavy atom. The van der Waals surface area contributed by atoms with Gasteiger partial charge in [-0.1, -0.05) is 60.7 Å². The summed E-state index contributed by atoms with van der Waals surface area (Å²) < 4.78 is 0. The van der Waals surface area contributed by atoms with Crippen molar-refractivity contribution in [2.45, 2.75) is 12.3 Å². The number of hydrogen-bond acceptors (Lipinski definition) is 1. The van der Waals surface area contributed by atoms with Crippen LogP contribution in [0.1, 0.15) is 23.6 Å². The predicted octanol–water partition coefficient (Wildman–Crippen LogP) is 4.60. The second-order valence-corrected chi connectivity index (χ2v) is 5.84. The molecule has 0 radical (unpaired) electrons. The minimum Gasteiger partial charge on any atom is -0.399 e. The molecule has 3 aromatic carbocycles. The molecular formula is C20H17N. The van der Waals surface area contributed by atoms with Gasteiger partial charge in [-0.3, -0.25) is 0 Å². The van der Waals surface area contributed by atoms with Crippen LogP contribution in [0.5, 0.6) is 0 Å². The first-order chi connectivity index (χ1) is 10.2. The van der Waals surface area contributed by atoms with Gasteiger partial charge in [-0.15, -0.1) is 0 Å². The summed E-state index contributed by atoms with van der Waals surface area (Å²) in [6.45, 7) is 2.31. The minimum absolute atomic E-state index is 0.110. The van der Waals surface area contributed by atoms with E-state index >= 15 is 0 Å². The van der Waals surface area contributed by atoms with E-state index in [2.05, 4.69) is 73.7 Å². The monoisotopic (exact) mass is 271 g/mol. The van der Waals surface area contributed by atoms with Crippen molar-refractivity contribution in [3.05, 3.63) is 89.5 Å². The summed E-state index contributed by atoms with van der Waals surface area (Å²) in [6.07, 6.45) is 0. The molecule has 1 atom stereocenters. The summed E-state index contributed by atoms with van der Waals surface area (Å²) in [5.74, 6) is 0. The highest BCUT2D eigenvalue weighted by molar-refractivity contribution is 5.84. The first-order valence-corrected chi connectivity index (χ1v) is 7.26. The van der Waals surface area contributed by atoms with Crippen LogP contribution in [0.3, 0.4) is 0 Å². The molecule has 0 aliphatic heterocycles. The second kappa shape index (κ2) is 4.23. The third kappa shape index (κ3) is 1.58. The molecule has 1 nitrogen and oxygen atoms in total. The van der Waals surface area contributed by atoms with Crippen molar-refractivity contribution in [1.29, 1.82) is 0 Å². The van der Waals surface area contributed by atoms with Gasteiger partial charge in [-0.2, -0.15) is 0 Å². The number of fused-ring (bicyclic) bond motifs is 3. The van der Waals surface area contributed by atoms with E-state index in [0.29, 0.717) is 0 Å². The molecule has 0 aromatic heterocycles. The summed E-state index contributed by atoms with van der Waals surface area (Å²) in [5.41, 5.74) is 13.3. The molecule has 1 unspecified atom stereocenters. The van der Waals surface area contributed by atoms with Crippen LogP contribution < -0.4 is 5.73 Å². The fraction of sp³-hybridized carbons (Fsp3) is 0.100. The van der Waals surface area contributed by atoms with Gasteiger partial charge in [0.05, 0.1) is 0 Å². The maximum Gasteiger partial charge on any atom is 0.0435 e. The molecule has 0 saturated carbocycles. The Morgan fingerprint density at radius 2 is 1.38 bits per heavy atom. The average Bonchev–Trinajstić information content (AvgIpc) is 2.79. The molecule has 0 saturated heterocycles. The van der Waals surface area contributed by atoms with E-state index in [-0.39, 0.29) is 5.41 Å². The highest BCUT2D eigenvalue weighted by Crippen LogP contribution is 2.52. The number of nitrogens with two attached hydrogens (primary N) is 1. The van der Waals surface area contributed by atoms with Crippen molar-refractivity contribution in [3.8, 4) is 11.1 Å². The molecule has 0 spiro atoms. The van der Waals surface area contributed by atoms with Gasteiger partial charge in [0, 0.05) is 11.1 Å². The summed E-state index contributed by atoms with van der Waals surface area (Å²) in [5, 5.41) is 0. The molecule has 0 fully saturated rings. The summed E-state index contributed by atoms with van der Waals surface area (Å²) in [4.78, 5) is 0. The summed E-state index contributed by atoms with van der Waals surface area (Å²) in [7, 11) is 0. The Morgan fingerprint density at radius 3 is 2.19 bits per heavy atom. The molecule has 21 heavy (non-hydrogen) atoms. The standard InChI is InChI=1S/C20H17N/c1-20(14-7-3-2-4-8-14)18-10-6-5-9-16(18)17-13-15(21)11-12-19(17)20/h2-13H,21H2,1H3. The highest BCUT2D eigenvalue weighted by atomic mass is 14.6. The zero-order chi connectivity index (χ0) is 14.4. The molecule has 2 N–H and O–H groups in total. The van der Waals surface area contributed by atoms with E-state index in [4.69, 9.17) is 5.73 Å². The summed E-state index contributed by atoms with van der Waals surface area (Å²) >= 11 is 0. The molecule has 1 aliphatic rings. The van der Waals surface area contributed by atoms with Gasteiger partial charge < -0.3 is 5.73 Å². The van der Waals surface area contributed by atoms with Crippen molar-refractivity contribution in [1.82, 2.24) is 0 Å². The zero-order valence-electron chi connectivity index (χ0n) is 12.0. The lowest BCUT2D eigenvalue weighted by Gasteiger charge is -2.28. The van der Waals surface area contributed by atoms with Gasteiger partial charge in [0.2, 0.25) is 0 Å². The molecule has 102 valence electrons. The first-order valence-electron chi connectivity index (χ1n) is 7.26. The summed E-state index contributed by atoms with van der Waals surface area (Å²) in [6, 6.07) is 25.6. The van der Waals surface area contributed by atoms with Crippen molar-refractivity contribution in [3.63, 3.8) is 0 Å². The molecule has 0 heterocycles. The smallest absolute Gasteiger partial charge is 0.0435 e. The van der Waals surface area contributed by atoms with Crippen LogP contribution in [0.25, 0.3) is 11.1 Å². The molecule has 4 rings (SSSR count). The van der Waals surface area contributed by atoms with E-state index in [1.807, 2.05) is 6.07 Å². The van der Waals surface area contributed by atoms with Gasteiger partial charge in [0.15, 0.2) is 0 Å². The molecule has 0 bridgehead atoms. The van der Waals surface area contributed by atoms with Crippen molar-refractivity contribution >= 4 is 5.69 Å². The van der Waals surface area contributed by atoms with Gasteiger partial charge in [-0.25, -0.2) is 0 Å². The Kier molecular flexibility index (Phi) is 2.46.